The summed E-state index contributed by atoms with van der Waals surface area (Å²) in [6.07, 6.45) is 6.85. The monoisotopic (exact) mass is 361 g/mol. The van der Waals surface area contributed by atoms with E-state index >= 15 is 0 Å². The van der Waals surface area contributed by atoms with Crippen molar-refractivity contribution in [3.8, 4) is 5.69 Å². The van der Waals surface area contributed by atoms with Gasteiger partial charge in [0.15, 0.2) is 0 Å². The molecule has 0 amide bonds. The zero-order valence-electron chi connectivity index (χ0n) is 16.1. The predicted molar refractivity (Wildman–Crippen MR) is 108 cm³/mol. The Morgan fingerprint density at radius 1 is 1.11 bits per heavy atom. The van der Waals surface area contributed by atoms with Gasteiger partial charge < -0.3 is 5.32 Å². The number of hydrogen-bond acceptors (Lipinski definition) is 4. The largest absolute Gasteiger partial charge is 0.314 e. The normalized spacial score (nSPS) is 17.9. The van der Waals surface area contributed by atoms with Gasteiger partial charge in [-0.2, -0.15) is 5.10 Å². The van der Waals surface area contributed by atoms with Crippen molar-refractivity contribution in [2.24, 2.45) is 0 Å². The van der Waals surface area contributed by atoms with Gasteiger partial charge in [0.25, 0.3) is 0 Å². The van der Waals surface area contributed by atoms with E-state index in [-0.39, 0.29) is 0 Å². The fourth-order valence-corrected chi connectivity index (χ4v) is 3.74. The molecule has 27 heavy (non-hydrogen) atoms. The Bertz CT molecular complexity index is 869. The number of nitrogens with zero attached hydrogens (tertiary/aromatic N) is 4. The lowest BCUT2D eigenvalue weighted by Crippen LogP contribution is -2.45. The minimum atomic E-state index is 0.397. The average molecular weight is 361 g/mol. The van der Waals surface area contributed by atoms with Crippen molar-refractivity contribution in [3.05, 3.63) is 77.4 Å². The lowest BCUT2D eigenvalue weighted by molar-refractivity contribution is 0.153. The molecule has 5 nitrogen and oxygen atoms in total. The summed E-state index contributed by atoms with van der Waals surface area (Å²) >= 11 is 0. The van der Waals surface area contributed by atoms with Gasteiger partial charge in [-0.15, -0.1) is 0 Å². The molecule has 5 heteroatoms. The van der Waals surface area contributed by atoms with Gasteiger partial charge in [0, 0.05) is 56.4 Å². The van der Waals surface area contributed by atoms with Gasteiger partial charge in [-0.05, 0) is 36.6 Å². The molecule has 1 aliphatic rings. The van der Waals surface area contributed by atoms with Crippen LogP contribution in [0.3, 0.4) is 0 Å². The third-order valence-corrected chi connectivity index (χ3v) is 5.43. The lowest BCUT2D eigenvalue weighted by Gasteiger charge is -2.36. The molecule has 1 aliphatic heterocycles. The Balaban J connectivity index is 1.55. The molecule has 4 rings (SSSR count). The Kier molecular flexibility index (Phi) is 5.32. The summed E-state index contributed by atoms with van der Waals surface area (Å²) in [6.45, 7) is 8.27. The van der Waals surface area contributed by atoms with Gasteiger partial charge in [-0.3, -0.25) is 9.88 Å². The van der Waals surface area contributed by atoms with Crippen LogP contribution in [0.25, 0.3) is 5.69 Å². The van der Waals surface area contributed by atoms with Crippen molar-refractivity contribution in [1.29, 1.82) is 0 Å². The number of piperazine rings is 1. The smallest absolute Gasteiger partial charge is 0.0676 e. The van der Waals surface area contributed by atoms with Crippen molar-refractivity contribution >= 4 is 0 Å². The molecule has 3 heterocycles. The highest BCUT2D eigenvalue weighted by molar-refractivity contribution is 5.31. The molecule has 0 spiro atoms. The highest BCUT2D eigenvalue weighted by atomic mass is 15.3. The Morgan fingerprint density at radius 2 is 1.89 bits per heavy atom. The second-order valence-electron chi connectivity index (χ2n) is 7.18. The molecule has 1 unspecified atom stereocenters. The first-order valence-electron chi connectivity index (χ1n) is 9.73. The Hall–Kier alpha value is -2.50. The summed E-state index contributed by atoms with van der Waals surface area (Å²) in [4.78, 5) is 6.66. The van der Waals surface area contributed by atoms with Gasteiger partial charge in [-0.1, -0.05) is 31.2 Å². The summed E-state index contributed by atoms with van der Waals surface area (Å²) in [5.41, 5.74) is 6.20. The van der Waals surface area contributed by atoms with Crippen LogP contribution < -0.4 is 5.32 Å². The second-order valence-corrected chi connectivity index (χ2v) is 7.18. The summed E-state index contributed by atoms with van der Waals surface area (Å²) in [5.74, 6) is 0. The maximum atomic E-state index is 4.71. The van der Waals surface area contributed by atoms with Crippen LogP contribution in [0.5, 0.6) is 0 Å². The SMILES string of the molecule is CCc1ccc(C2CNCCN2Cc2cn(-c3ccncc3)nc2C)cc1. The van der Waals surface area contributed by atoms with Crippen LogP contribution >= 0.6 is 0 Å². The second kappa shape index (κ2) is 8.03. The lowest BCUT2D eigenvalue weighted by atomic mass is 10.0. The first-order valence-corrected chi connectivity index (χ1v) is 9.73. The summed E-state index contributed by atoms with van der Waals surface area (Å²) in [7, 11) is 0. The minimum Gasteiger partial charge on any atom is -0.314 e. The zero-order valence-corrected chi connectivity index (χ0v) is 16.1. The van der Waals surface area contributed by atoms with Gasteiger partial charge in [0.2, 0.25) is 0 Å². The average Bonchev–Trinajstić information content (AvgIpc) is 3.10. The third kappa shape index (κ3) is 3.94. The highest BCUT2D eigenvalue weighted by Gasteiger charge is 2.24. The molecule has 0 saturated carbocycles. The van der Waals surface area contributed by atoms with Crippen LogP contribution in [0.2, 0.25) is 0 Å². The van der Waals surface area contributed by atoms with Gasteiger partial charge in [-0.25, -0.2) is 4.68 Å². The number of nitrogens with one attached hydrogen (secondary N) is 1. The van der Waals surface area contributed by atoms with Gasteiger partial charge in [0.1, 0.15) is 0 Å². The summed E-state index contributed by atoms with van der Waals surface area (Å²) < 4.78 is 1.96. The van der Waals surface area contributed by atoms with Crippen LogP contribution in [-0.2, 0) is 13.0 Å². The summed E-state index contributed by atoms with van der Waals surface area (Å²) in [6, 6.07) is 13.5. The van der Waals surface area contributed by atoms with Crippen LogP contribution in [-0.4, -0.2) is 39.3 Å². The van der Waals surface area contributed by atoms with E-state index in [1.54, 1.807) is 12.4 Å². The van der Waals surface area contributed by atoms with Crippen LogP contribution in [0.4, 0.5) is 0 Å². The fourth-order valence-electron chi connectivity index (χ4n) is 3.74. The van der Waals surface area contributed by atoms with E-state index in [0.717, 1.165) is 44.0 Å². The summed E-state index contributed by atoms with van der Waals surface area (Å²) in [5, 5.41) is 8.27. The highest BCUT2D eigenvalue weighted by Crippen LogP contribution is 2.25. The van der Waals surface area contributed by atoms with E-state index in [4.69, 9.17) is 5.10 Å². The van der Waals surface area contributed by atoms with Crippen molar-refractivity contribution in [1.82, 2.24) is 25.0 Å². The topological polar surface area (TPSA) is 46.0 Å². The molecule has 1 saturated heterocycles. The maximum Gasteiger partial charge on any atom is 0.0676 e. The van der Waals surface area contributed by atoms with Gasteiger partial charge >= 0.3 is 0 Å². The van der Waals surface area contributed by atoms with Crippen molar-refractivity contribution in [2.45, 2.75) is 32.9 Å². The van der Waals surface area contributed by atoms with Gasteiger partial charge in [0.05, 0.1) is 11.4 Å². The quantitative estimate of drug-likeness (QED) is 0.757. The van der Waals surface area contributed by atoms with Crippen molar-refractivity contribution < 1.29 is 0 Å². The minimum absolute atomic E-state index is 0.397. The van der Waals surface area contributed by atoms with E-state index in [2.05, 4.69) is 59.5 Å². The first kappa shape index (κ1) is 17.9. The number of rotatable bonds is 5. The third-order valence-electron chi connectivity index (χ3n) is 5.43. The molecule has 0 bridgehead atoms. The molecule has 1 N–H and O–H groups in total. The molecule has 1 fully saturated rings. The molecular formula is C22H27N5. The molecule has 0 radical (unpaired) electrons. The molecule has 1 atom stereocenters. The zero-order chi connectivity index (χ0) is 18.6. The molecule has 2 aromatic heterocycles. The predicted octanol–water partition coefficient (Wildman–Crippen LogP) is 3.28. The Morgan fingerprint density at radius 3 is 2.63 bits per heavy atom. The number of hydrogen-bond donors (Lipinski definition) is 1. The van der Waals surface area contributed by atoms with Crippen LogP contribution in [0.15, 0.2) is 55.0 Å². The molecule has 3 aromatic rings. The standard InChI is InChI=1S/C22H27N5/c1-3-18-4-6-19(7-5-18)22-14-24-12-13-26(22)15-20-16-27(25-17(20)2)21-8-10-23-11-9-21/h4-11,16,22,24H,3,12-15H2,1-2H3. The first-order chi connectivity index (χ1) is 13.2. The number of pyridine rings is 1. The number of aryl methyl sites for hydroxylation is 2. The molecule has 140 valence electrons. The van der Waals surface area contributed by atoms with E-state index in [1.165, 1.54) is 16.7 Å². The van der Waals surface area contributed by atoms with Crippen LogP contribution in [0.1, 0.15) is 35.3 Å². The van der Waals surface area contributed by atoms with E-state index in [0.29, 0.717) is 6.04 Å². The molecular weight excluding hydrogens is 334 g/mol. The van der Waals surface area contributed by atoms with E-state index in [9.17, 15) is 0 Å². The number of benzene rings is 1. The fraction of sp³-hybridized carbons (Fsp3) is 0.364. The van der Waals surface area contributed by atoms with Crippen molar-refractivity contribution in [2.75, 3.05) is 19.6 Å². The maximum absolute atomic E-state index is 4.71. The molecule has 1 aromatic carbocycles. The molecule has 0 aliphatic carbocycles. The van der Waals surface area contributed by atoms with Crippen LogP contribution in [0, 0.1) is 6.92 Å². The Labute approximate surface area is 161 Å². The van der Waals surface area contributed by atoms with E-state index in [1.807, 2.05) is 16.8 Å². The number of aromatic nitrogens is 3. The van der Waals surface area contributed by atoms with Crippen molar-refractivity contribution in [3.63, 3.8) is 0 Å². The van der Waals surface area contributed by atoms with E-state index < -0.39 is 0 Å².